The molecule has 104 valence electrons. The number of piperidine rings is 2. The summed E-state index contributed by atoms with van der Waals surface area (Å²) in [5, 5.41) is 9.31. The Morgan fingerprint density at radius 1 is 1.11 bits per heavy atom. The summed E-state index contributed by atoms with van der Waals surface area (Å²) in [6.45, 7) is 1.13. The van der Waals surface area contributed by atoms with Gasteiger partial charge in [0.2, 0.25) is 0 Å². The smallest absolute Gasteiger partial charge is 0.115 e. The van der Waals surface area contributed by atoms with Gasteiger partial charge in [-0.25, -0.2) is 0 Å². The van der Waals surface area contributed by atoms with E-state index >= 15 is 0 Å². The molecule has 2 aliphatic rings. The van der Waals surface area contributed by atoms with E-state index in [9.17, 15) is 5.11 Å². The van der Waals surface area contributed by atoms with Crippen molar-refractivity contribution in [2.24, 2.45) is 5.73 Å². The summed E-state index contributed by atoms with van der Waals surface area (Å²) in [4.78, 5) is 2.69. The molecule has 2 atom stereocenters. The van der Waals surface area contributed by atoms with Crippen LogP contribution in [-0.4, -0.2) is 34.7 Å². The van der Waals surface area contributed by atoms with Gasteiger partial charge in [-0.05, 0) is 49.8 Å². The normalized spacial score (nSPS) is 31.3. The summed E-state index contributed by atoms with van der Waals surface area (Å²) in [7, 11) is 0. The van der Waals surface area contributed by atoms with E-state index in [1.54, 1.807) is 12.1 Å². The first-order valence-corrected chi connectivity index (χ1v) is 7.51. The molecule has 0 saturated carbocycles. The van der Waals surface area contributed by atoms with Gasteiger partial charge in [0.15, 0.2) is 0 Å². The standard InChI is InChI=1S/C16H24N2O/c17-13-10-14-2-1-3-15(11-13)18(14)9-8-12-4-6-16(19)7-5-12/h4-7,13-15,19H,1-3,8-11,17H2. The van der Waals surface area contributed by atoms with Gasteiger partial charge in [-0.1, -0.05) is 18.6 Å². The van der Waals surface area contributed by atoms with Crippen LogP contribution in [-0.2, 0) is 6.42 Å². The first kappa shape index (κ1) is 12.9. The molecule has 3 nitrogen and oxygen atoms in total. The van der Waals surface area contributed by atoms with Gasteiger partial charge in [-0.3, -0.25) is 4.90 Å². The number of nitrogens with zero attached hydrogens (tertiary/aromatic N) is 1. The third-order valence-electron chi connectivity index (χ3n) is 4.76. The fourth-order valence-corrected chi connectivity index (χ4v) is 3.81. The molecular weight excluding hydrogens is 236 g/mol. The third kappa shape index (κ3) is 2.93. The number of rotatable bonds is 3. The number of hydrogen-bond donors (Lipinski definition) is 2. The first-order chi connectivity index (χ1) is 9.22. The molecule has 2 unspecified atom stereocenters. The summed E-state index contributed by atoms with van der Waals surface area (Å²) in [5.41, 5.74) is 7.47. The fraction of sp³-hybridized carbons (Fsp3) is 0.625. The van der Waals surface area contributed by atoms with Crippen LogP contribution in [0.1, 0.15) is 37.7 Å². The molecule has 2 aliphatic heterocycles. The van der Waals surface area contributed by atoms with Crippen molar-refractivity contribution in [1.29, 1.82) is 0 Å². The Bertz CT molecular complexity index is 403. The maximum atomic E-state index is 9.31. The largest absolute Gasteiger partial charge is 0.508 e. The maximum Gasteiger partial charge on any atom is 0.115 e. The summed E-state index contributed by atoms with van der Waals surface area (Å²) in [5.74, 6) is 0.351. The fourth-order valence-electron chi connectivity index (χ4n) is 3.81. The highest BCUT2D eigenvalue weighted by atomic mass is 16.3. The van der Waals surface area contributed by atoms with Gasteiger partial charge in [-0.2, -0.15) is 0 Å². The molecule has 0 spiro atoms. The Morgan fingerprint density at radius 3 is 2.37 bits per heavy atom. The van der Waals surface area contributed by atoms with Gasteiger partial charge >= 0.3 is 0 Å². The van der Waals surface area contributed by atoms with Crippen LogP contribution in [0.4, 0.5) is 0 Å². The third-order valence-corrected chi connectivity index (χ3v) is 4.76. The molecule has 2 fully saturated rings. The Hall–Kier alpha value is -1.06. The molecule has 1 aromatic carbocycles. The molecule has 3 rings (SSSR count). The van der Waals surface area contributed by atoms with E-state index in [1.165, 1.54) is 37.7 Å². The van der Waals surface area contributed by atoms with Gasteiger partial charge in [-0.15, -0.1) is 0 Å². The Morgan fingerprint density at radius 2 is 1.74 bits per heavy atom. The molecule has 3 N–H and O–H groups in total. The average molecular weight is 260 g/mol. The number of hydrogen-bond acceptors (Lipinski definition) is 3. The van der Waals surface area contributed by atoms with Crippen LogP contribution in [0, 0.1) is 0 Å². The molecule has 0 aromatic heterocycles. The van der Waals surface area contributed by atoms with Crippen molar-refractivity contribution >= 4 is 0 Å². The van der Waals surface area contributed by atoms with E-state index in [0.29, 0.717) is 23.9 Å². The lowest BCUT2D eigenvalue weighted by Crippen LogP contribution is -2.55. The van der Waals surface area contributed by atoms with Crippen molar-refractivity contribution in [3.8, 4) is 5.75 Å². The van der Waals surface area contributed by atoms with Crippen molar-refractivity contribution in [2.45, 2.75) is 56.7 Å². The quantitative estimate of drug-likeness (QED) is 0.876. The highest BCUT2D eigenvalue weighted by Gasteiger charge is 2.36. The Labute approximate surface area is 115 Å². The SMILES string of the molecule is NC1CC2CCCC(C1)N2CCc1ccc(O)cc1. The highest BCUT2D eigenvalue weighted by Crippen LogP contribution is 2.33. The summed E-state index contributed by atoms with van der Waals surface area (Å²) >= 11 is 0. The number of fused-ring (bicyclic) bond motifs is 2. The molecule has 2 bridgehead atoms. The van der Waals surface area contributed by atoms with E-state index < -0.39 is 0 Å². The van der Waals surface area contributed by atoms with Crippen LogP contribution in [0.2, 0.25) is 0 Å². The molecule has 19 heavy (non-hydrogen) atoms. The molecule has 0 radical (unpaired) electrons. The molecule has 0 amide bonds. The lowest BCUT2D eigenvalue weighted by Gasteiger charge is -2.48. The minimum atomic E-state index is 0.351. The number of benzene rings is 1. The van der Waals surface area contributed by atoms with Crippen LogP contribution in [0.15, 0.2) is 24.3 Å². The lowest BCUT2D eigenvalue weighted by atomic mass is 9.82. The van der Waals surface area contributed by atoms with Crippen molar-refractivity contribution in [2.75, 3.05) is 6.54 Å². The zero-order valence-corrected chi connectivity index (χ0v) is 11.5. The van der Waals surface area contributed by atoms with Gasteiger partial charge in [0, 0.05) is 24.7 Å². The van der Waals surface area contributed by atoms with Crippen LogP contribution < -0.4 is 5.73 Å². The van der Waals surface area contributed by atoms with Crippen molar-refractivity contribution in [3.05, 3.63) is 29.8 Å². The predicted octanol–water partition coefficient (Wildman–Crippen LogP) is 2.28. The summed E-state index contributed by atoms with van der Waals surface area (Å²) in [6.07, 6.45) is 7.43. The number of phenols is 1. The van der Waals surface area contributed by atoms with Crippen molar-refractivity contribution < 1.29 is 5.11 Å². The molecule has 2 saturated heterocycles. The monoisotopic (exact) mass is 260 g/mol. The second-order valence-corrected chi connectivity index (χ2v) is 6.12. The maximum absolute atomic E-state index is 9.31. The van der Waals surface area contributed by atoms with E-state index in [-0.39, 0.29) is 0 Å². The topological polar surface area (TPSA) is 49.5 Å². The van der Waals surface area contributed by atoms with Gasteiger partial charge in [0.25, 0.3) is 0 Å². The zero-order valence-electron chi connectivity index (χ0n) is 11.5. The number of phenolic OH excluding ortho intramolecular Hbond substituents is 1. The van der Waals surface area contributed by atoms with E-state index in [0.717, 1.165) is 13.0 Å². The number of nitrogens with two attached hydrogens (primary N) is 1. The van der Waals surface area contributed by atoms with Crippen molar-refractivity contribution in [3.63, 3.8) is 0 Å². The van der Waals surface area contributed by atoms with Gasteiger partial charge < -0.3 is 10.8 Å². The molecule has 1 aromatic rings. The Kier molecular flexibility index (Phi) is 3.76. The van der Waals surface area contributed by atoms with E-state index in [1.807, 2.05) is 12.1 Å². The van der Waals surface area contributed by atoms with E-state index in [2.05, 4.69) is 4.90 Å². The number of aromatic hydroxyl groups is 1. The predicted molar refractivity (Wildman–Crippen MR) is 77.2 cm³/mol. The molecule has 0 aliphatic carbocycles. The summed E-state index contributed by atoms with van der Waals surface area (Å²) < 4.78 is 0. The van der Waals surface area contributed by atoms with Crippen LogP contribution >= 0.6 is 0 Å². The second-order valence-electron chi connectivity index (χ2n) is 6.12. The van der Waals surface area contributed by atoms with Crippen LogP contribution in [0.5, 0.6) is 5.75 Å². The van der Waals surface area contributed by atoms with Crippen LogP contribution in [0.3, 0.4) is 0 Å². The highest BCUT2D eigenvalue weighted by molar-refractivity contribution is 5.26. The summed E-state index contributed by atoms with van der Waals surface area (Å²) in [6, 6.07) is 9.45. The second kappa shape index (κ2) is 5.51. The Balaban J connectivity index is 1.61. The molecular formula is C16H24N2O. The average Bonchev–Trinajstić information content (AvgIpc) is 2.38. The van der Waals surface area contributed by atoms with E-state index in [4.69, 9.17) is 5.73 Å². The van der Waals surface area contributed by atoms with Crippen molar-refractivity contribution in [1.82, 2.24) is 4.90 Å². The lowest BCUT2D eigenvalue weighted by molar-refractivity contribution is 0.0327. The van der Waals surface area contributed by atoms with Crippen LogP contribution in [0.25, 0.3) is 0 Å². The van der Waals surface area contributed by atoms with Gasteiger partial charge in [0.05, 0.1) is 0 Å². The minimum Gasteiger partial charge on any atom is -0.508 e. The van der Waals surface area contributed by atoms with Gasteiger partial charge in [0.1, 0.15) is 5.75 Å². The molecule has 2 heterocycles. The zero-order chi connectivity index (χ0) is 13.2. The minimum absolute atomic E-state index is 0.351. The molecule has 3 heteroatoms. The first-order valence-electron chi connectivity index (χ1n) is 7.51.